The standard InChI is InChI=1S/C19H19NO4/c21-17(19(23)24)15-10-4-9-14-13(15)8-5-11-16(14)20-18(22)12-6-2-1-3-7-12/h1-4,6-7,9-10,16-17,21H,5,8,11H2,(H,20,22)(H,23,24). The molecule has 5 nitrogen and oxygen atoms in total. The Bertz CT molecular complexity index is 757. The highest BCUT2D eigenvalue weighted by Gasteiger charge is 2.27. The topological polar surface area (TPSA) is 86.6 Å². The zero-order valence-electron chi connectivity index (χ0n) is 13.1. The van der Waals surface area contributed by atoms with Gasteiger partial charge in [-0.25, -0.2) is 4.79 Å². The van der Waals surface area contributed by atoms with Crippen LogP contribution in [0.1, 0.15) is 52.0 Å². The first-order chi connectivity index (χ1) is 11.6. The molecule has 1 aliphatic carbocycles. The summed E-state index contributed by atoms with van der Waals surface area (Å²) in [7, 11) is 0. The Labute approximate surface area is 139 Å². The molecule has 0 bridgehead atoms. The lowest BCUT2D eigenvalue weighted by Crippen LogP contribution is -2.31. The van der Waals surface area contributed by atoms with E-state index in [1.54, 1.807) is 24.3 Å². The first-order valence-electron chi connectivity index (χ1n) is 7.96. The number of carboxylic acid groups (broad SMARTS) is 1. The van der Waals surface area contributed by atoms with E-state index in [4.69, 9.17) is 5.11 Å². The van der Waals surface area contributed by atoms with Gasteiger partial charge in [-0.1, -0.05) is 36.4 Å². The third-order valence-corrected chi connectivity index (χ3v) is 4.41. The number of hydrogen-bond donors (Lipinski definition) is 3. The van der Waals surface area contributed by atoms with E-state index in [0.29, 0.717) is 17.5 Å². The van der Waals surface area contributed by atoms with Crippen molar-refractivity contribution in [3.8, 4) is 0 Å². The lowest BCUT2D eigenvalue weighted by molar-refractivity contribution is -0.147. The maximum atomic E-state index is 12.4. The number of nitrogens with one attached hydrogen (secondary N) is 1. The number of carbonyl (C=O) groups is 2. The second-order valence-electron chi connectivity index (χ2n) is 5.94. The molecule has 0 aliphatic heterocycles. The lowest BCUT2D eigenvalue weighted by atomic mass is 9.83. The van der Waals surface area contributed by atoms with E-state index >= 15 is 0 Å². The molecule has 0 fully saturated rings. The van der Waals surface area contributed by atoms with E-state index in [2.05, 4.69) is 5.32 Å². The van der Waals surface area contributed by atoms with Gasteiger partial charge < -0.3 is 15.5 Å². The number of aliphatic hydroxyl groups excluding tert-OH is 1. The summed E-state index contributed by atoms with van der Waals surface area (Å²) in [4.78, 5) is 23.5. The summed E-state index contributed by atoms with van der Waals surface area (Å²) in [6.45, 7) is 0. The highest BCUT2D eigenvalue weighted by atomic mass is 16.4. The molecule has 3 rings (SSSR count). The average Bonchev–Trinajstić information content (AvgIpc) is 2.61. The van der Waals surface area contributed by atoms with Crippen LogP contribution in [0.15, 0.2) is 48.5 Å². The molecule has 0 saturated carbocycles. The third kappa shape index (κ3) is 3.16. The van der Waals surface area contributed by atoms with E-state index in [9.17, 15) is 14.7 Å². The first-order valence-corrected chi connectivity index (χ1v) is 7.96. The SMILES string of the molecule is O=C(NC1CCCc2c1cccc2C(O)C(=O)O)c1ccccc1. The minimum Gasteiger partial charge on any atom is -0.479 e. The van der Waals surface area contributed by atoms with Gasteiger partial charge in [0.1, 0.15) is 0 Å². The van der Waals surface area contributed by atoms with Crippen molar-refractivity contribution in [3.63, 3.8) is 0 Å². The summed E-state index contributed by atoms with van der Waals surface area (Å²) in [5, 5.41) is 22.0. The van der Waals surface area contributed by atoms with E-state index < -0.39 is 12.1 Å². The third-order valence-electron chi connectivity index (χ3n) is 4.41. The summed E-state index contributed by atoms with van der Waals surface area (Å²) < 4.78 is 0. The number of amides is 1. The van der Waals surface area contributed by atoms with Crippen LogP contribution in [0, 0.1) is 0 Å². The van der Waals surface area contributed by atoms with Gasteiger partial charge in [-0.15, -0.1) is 0 Å². The molecule has 24 heavy (non-hydrogen) atoms. The van der Waals surface area contributed by atoms with E-state index in [-0.39, 0.29) is 11.9 Å². The van der Waals surface area contributed by atoms with Gasteiger partial charge in [0.15, 0.2) is 6.10 Å². The molecule has 1 aliphatic rings. The fourth-order valence-corrected chi connectivity index (χ4v) is 3.25. The monoisotopic (exact) mass is 325 g/mol. The highest BCUT2D eigenvalue weighted by Crippen LogP contribution is 2.34. The van der Waals surface area contributed by atoms with Crippen molar-refractivity contribution >= 4 is 11.9 Å². The Morgan fingerprint density at radius 3 is 2.54 bits per heavy atom. The van der Waals surface area contributed by atoms with Crippen molar-refractivity contribution in [2.45, 2.75) is 31.4 Å². The minimum atomic E-state index is -1.54. The number of hydrogen-bond acceptors (Lipinski definition) is 3. The molecule has 2 atom stereocenters. The van der Waals surface area contributed by atoms with Crippen LogP contribution in [0.5, 0.6) is 0 Å². The Morgan fingerprint density at radius 2 is 1.83 bits per heavy atom. The van der Waals surface area contributed by atoms with Gasteiger partial charge in [-0.2, -0.15) is 0 Å². The number of carbonyl (C=O) groups excluding carboxylic acids is 1. The predicted octanol–water partition coefficient (Wildman–Crippen LogP) is 2.61. The van der Waals surface area contributed by atoms with Crippen LogP contribution in [-0.2, 0) is 11.2 Å². The fourth-order valence-electron chi connectivity index (χ4n) is 3.25. The van der Waals surface area contributed by atoms with Crippen LogP contribution in [0.2, 0.25) is 0 Å². The lowest BCUT2D eigenvalue weighted by Gasteiger charge is -2.28. The molecular formula is C19H19NO4. The van der Waals surface area contributed by atoms with Gasteiger partial charge in [-0.3, -0.25) is 4.79 Å². The van der Waals surface area contributed by atoms with Crippen molar-refractivity contribution in [1.82, 2.24) is 5.32 Å². The Kier molecular flexibility index (Phi) is 4.62. The number of fused-ring (bicyclic) bond motifs is 1. The molecule has 0 saturated heterocycles. The van der Waals surface area contributed by atoms with Crippen LogP contribution in [0.25, 0.3) is 0 Å². The molecule has 1 amide bonds. The summed E-state index contributed by atoms with van der Waals surface area (Å²) >= 11 is 0. The number of aliphatic hydroxyl groups is 1. The van der Waals surface area contributed by atoms with E-state index in [0.717, 1.165) is 24.0 Å². The van der Waals surface area contributed by atoms with Gasteiger partial charge in [0.25, 0.3) is 5.91 Å². The van der Waals surface area contributed by atoms with Crippen molar-refractivity contribution in [2.75, 3.05) is 0 Å². The largest absolute Gasteiger partial charge is 0.479 e. The highest BCUT2D eigenvalue weighted by molar-refractivity contribution is 5.94. The molecule has 0 aromatic heterocycles. The zero-order valence-corrected chi connectivity index (χ0v) is 13.1. The van der Waals surface area contributed by atoms with Gasteiger partial charge >= 0.3 is 5.97 Å². The second kappa shape index (κ2) is 6.84. The summed E-state index contributed by atoms with van der Waals surface area (Å²) in [6, 6.07) is 14.1. The van der Waals surface area contributed by atoms with Crippen LogP contribution in [0.3, 0.4) is 0 Å². The molecule has 2 aromatic carbocycles. The molecule has 0 spiro atoms. The molecule has 0 heterocycles. The van der Waals surface area contributed by atoms with Crippen molar-refractivity contribution in [1.29, 1.82) is 0 Å². The average molecular weight is 325 g/mol. The molecular weight excluding hydrogens is 306 g/mol. The number of rotatable bonds is 4. The van der Waals surface area contributed by atoms with Crippen LogP contribution in [0.4, 0.5) is 0 Å². The normalized spacial score (nSPS) is 17.6. The molecule has 124 valence electrons. The number of aliphatic carboxylic acids is 1. The Balaban J connectivity index is 1.88. The van der Waals surface area contributed by atoms with Crippen molar-refractivity contribution in [3.05, 3.63) is 70.8 Å². The minimum absolute atomic E-state index is 0.155. The maximum Gasteiger partial charge on any atom is 0.337 e. The number of benzene rings is 2. The van der Waals surface area contributed by atoms with E-state index in [1.165, 1.54) is 0 Å². The van der Waals surface area contributed by atoms with Crippen molar-refractivity contribution < 1.29 is 19.8 Å². The smallest absolute Gasteiger partial charge is 0.337 e. The van der Waals surface area contributed by atoms with Gasteiger partial charge in [0.2, 0.25) is 0 Å². The van der Waals surface area contributed by atoms with Crippen LogP contribution < -0.4 is 5.32 Å². The molecule has 2 aromatic rings. The van der Waals surface area contributed by atoms with Crippen molar-refractivity contribution in [2.24, 2.45) is 0 Å². The number of carboxylic acids is 1. The second-order valence-corrected chi connectivity index (χ2v) is 5.94. The quantitative estimate of drug-likeness (QED) is 0.806. The molecule has 3 N–H and O–H groups in total. The maximum absolute atomic E-state index is 12.4. The summed E-state index contributed by atoms with van der Waals surface area (Å²) in [5.74, 6) is -1.42. The van der Waals surface area contributed by atoms with E-state index in [1.807, 2.05) is 24.3 Å². The van der Waals surface area contributed by atoms with Crippen LogP contribution in [-0.4, -0.2) is 22.1 Å². The Morgan fingerprint density at radius 1 is 1.08 bits per heavy atom. The zero-order chi connectivity index (χ0) is 17.1. The molecule has 5 heteroatoms. The Hall–Kier alpha value is -2.66. The summed E-state index contributed by atoms with van der Waals surface area (Å²) in [6.07, 6.45) is 0.783. The predicted molar refractivity (Wildman–Crippen MR) is 88.6 cm³/mol. The van der Waals surface area contributed by atoms with Crippen LogP contribution >= 0.6 is 0 Å². The van der Waals surface area contributed by atoms with Gasteiger partial charge in [0, 0.05) is 5.56 Å². The van der Waals surface area contributed by atoms with Gasteiger partial charge in [-0.05, 0) is 48.1 Å². The fraction of sp³-hybridized carbons (Fsp3) is 0.263. The molecule has 2 unspecified atom stereocenters. The first kappa shape index (κ1) is 16.2. The summed E-state index contributed by atoms with van der Waals surface area (Å²) in [5.41, 5.74) is 2.73. The van der Waals surface area contributed by atoms with Gasteiger partial charge in [0.05, 0.1) is 6.04 Å². The molecule has 0 radical (unpaired) electrons.